The third-order valence-electron chi connectivity index (χ3n) is 3.46. The molecule has 0 amide bonds. The van der Waals surface area contributed by atoms with Gasteiger partial charge in [0.25, 0.3) is 0 Å². The van der Waals surface area contributed by atoms with E-state index in [9.17, 15) is 4.39 Å². The molecule has 1 heterocycles. The molecule has 0 radical (unpaired) electrons. The standard InChI is InChI=1S/C14H21FN2O.ClH/c1-2-11-4-3-5-14(15)13(11)10-17-6-7-18-12(8-16)9-17;/h3-5,12H,2,6-10,16H2,1H3;1H. The van der Waals surface area contributed by atoms with Gasteiger partial charge in [0.05, 0.1) is 12.7 Å². The molecule has 1 unspecified atom stereocenters. The molecule has 1 aliphatic heterocycles. The van der Waals surface area contributed by atoms with Gasteiger partial charge in [-0.05, 0) is 18.1 Å². The number of halogens is 2. The minimum Gasteiger partial charge on any atom is -0.374 e. The first-order chi connectivity index (χ1) is 8.74. The second kappa shape index (κ2) is 7.80. The summed E-state index contributed by atoms with van der Waals surface area (Å²) in [6, 6.07) is 5.31. The predicted octanol–water partition coefficient (Wildman–Crippen LogP) is 1.97. The van der Waals surface area contributed by atoms with Gasteiger partial charge in [-0.15, -0.1) is 12.4 Å². The fraction of sp³-hybridized carbons (Fsp3) is 0.571. The second-order valence-electron chi connectivity index (χ2n) is 4.69. The molecule has 1 fully saturated rings. The molecule has 0 aliphatic carbocycles. The average Bonchev–Trinajstić information content (AvgIpc) is 2.41. The van der Waals surface area contributed by atoms with Crippen molar-refractivity contribution in [2.24, 2.45) is 5.73 Å². The summed E-state index contributed by atoms with van der Waals surface area (Å²) in [5, 5.41) is 0. The van der Waals surface area contributed by atoms with Crippen LogP contribution in [-0.2, 0) is 17.7 Å². The van der Waals surface area contributed by atoms with Crippen LogP contribution in [0.2, 0.25) is 0 Å². The minimum absolute atomic E-state index is 0. The van der Waals surface area contributed by atoms with E-state index in [0.717, 1.165) is 30.6 Å². The van der Waals surface area contributed by atoms with Crippen molar-refractivity contribution >= 4 is 12.4 Å². The lowest BCUT2D eigenvalue weighted by atomic mass is 10.0. The molecule has 108 valence electrons. The van der Waals surface area contributed by atoms with Gasteiger partial charge in [-0.25, -0.2) is 4.39 Å². The van der Waals surface area contributed by atoms with E-state index in [1.54, 1.807) is 6.07 Å². The van der Waals surface area contributed by atoms with Gasteiger partial charge in [0.15, 0.2) is 0 Å². The highest BCUT2D eigenvalue weighted by Gasteiger charge is 2.20. The zero-order valence-corrected chi connectivity index (χ0v) is 12.1. The van der Waals surface area contributed by atoms with Gasteiger partial charge >= 0.3 is 0 Å². The van der Waals surface area contributed by atoms with Crippen molar-refractivity contribution in [3.05, 3.63) is 35.1 Å². The van der Waals surface area contributed by atoms with Crippen LogP contribution in [0.4, 0.5) is 4.39 Å². The van der Waals surface area contributed by atoms with Crippen molar-refractivity contribution in [1.29, 1.82) is 0 Å². The zero-order chi connectivity index (χ0) is 13.0. The van der Waals surface area contributed by atoms with Gasteiger partial charge in [-0.3, -0.25) is 4.90 Å². The van der Waals surface area contributed by atoms with Crippen molar-refractivity contribution in [1.82, 2.24) is 4.90 Å². The van der Waals surface area contributed by atoms with Crippen LogP contribution in [-0.4, -0.2) is 37.2 Å². The van der Waals surface area contributed by atoms with Crippen molar-refractivity contribution in [3.63, 3.8) is 0 Å². The van der Waals surface area contributed by atoms with E-state index in [2.05, 4.69) is 11.8 Å². The van der Waals surface area contributed by atoms with Crippen molar-refractivity contribution in [2.45, 2.75) is 26.0 Å². The molecule has 19 heavy (non-hydrogen) atoms. The molecule has 1 aromatic rings. The third kappa shape index (κ3) is 4.14. The Balaban J connectivity index is 0.00000180. The highest BCUT2D eigenvalue weighted by atomic mass is 35.5. The highest BCUT2D eigenvalue weighted by molar-refractivity contribution is 5.85. The summed E-state index contributed by atoms with van der Waals surface area (Å²) >= 11 is 0. The fourth-order valence-electron chi connectivity index (χ4n) is 2.40. The maximum Gasteiger partial charge on any atom is 0.127 e. The van der Waals surface area contributed by atoms with Crippen LogP contribution in [0, 0.1) is 5.82 Å². The van der Waals surface area contributed by atoms with Gasteiger partial charge in [0.2, 0.25) is 0 Å². The number of aryl methyl sites for hydroxylation is 1. The van der Waals surface area contributed by atoms with Crippen LogP contribution < -0.4 is 5.73 Å². The molecule has 0 bridgehead atoms. The smallest absolute Gasteiger partial charge is 0.127 e. The number of hydrogen-bond donors (Lipinski definition) is 1. The molecule has 0 spiro atoms. The summed E-state index contributed by atoms with van der Waals surface area (Å²) in [4.78, 5) is 2.22. The Labute approximate surface area is 120 Å². The largest absolute Gasteiger partial charge is 0.374 e. The minimum atomic E-state index is -0.106. The molecule has 5 heteroatoms. The molecular weight excluding hydrogens is 267 g/mol. The number of rotatable bonds is 4. The van der Waals surface area contributed by atoms with Crippen LogP contribution in [0.3, 0.4) is 0 Å². The highest BCUT2D eigenvalue weighted by Crippen LogP contribution is 2.18. The maximum absolute atomic E-state index is 13.9. The molecule has 0 saturated carbocycles. The molecule has 1 saturated heterocycles. The molecule has 3 nitrogen and oxygen atoms in total. The molecule has 2 rings (SSSR count). The van der Waals surface area contributed by atoms with Crippen molar-refractivity contribution in [3.8, 4) is 0 Å². The Kier molecular flexibility index (Phi) is 6.72. The summed E-state index contributed by atoms with van der Waals surface area (Å²) < 4.78 is 19.4. The summed E-state index contributed by atoms with van der Waals surface area (Å²) in [5.41, 5.74) is 7.53. The third-order valence-corrected chi connectivity index (χ3v) is 3.46. The maximum atomic E-state index is 13.9. The summed E-state index contributed by atoms with van der Waals surface area (Å²) in [7, 11) is 0. The molecular formula is C14H22ClFN2O. The van der Waals surface area contributed by atoms with Gasteiger partial charge in [0.1, 0.15) is 5.82 Å². The van der Waals surface area contributed by atoms with E-state index in [1.165, 1.54) is 6.07 Å². The van der Waals surface area contributed by atoms with Crippen molar-refractivity contribution < 1.29 is 9.13 Å². The Hall–Kier alpha value is -0.680. The first-order valence-electron chi connectivity index (χ1n) is 6.55. The number of nitrogens with zero attached hydrogens (tertiary/aromatic N) is 1. The quantitative estimate of drug-likeness (QED) is 0.921. The van der Waals surface area contributed by atoms with Crippen LogP contribution in [0.25, 0.3) is 0 Å². The Bertz CT molecular complexity index is 403. The lowest BCUT2D eigenvalue weighted by molar-refractivity contribution is -0.0264. The van der Waals surface area contributed by atoms with Crippen LogP contribution in [0.1, 0.15) is 18.1 Å². The zero-order valence-electron chi connectivity index (χ0n) is 11.3. The Morgan fingerprint density at radius 3 is 2.95 bits per heavy atom. The van der Waals surface area contributed by atoms with Crippen molar-refractivity contribution in [2.75, 3.05) is 26.2 Å². The van der Waals surface area contributed by atoms with Gasteiger partial charge in [0, 0.05) is 31.7 Å². The first-order valence-corrected chi connectivity index (χ1v) is 6.55. The molecule has 1 aromatic carbocycles. The number of hydrogen-bond acceptors (Lipinski definition) is 3. The lowest BCUT2D eigenvalue weighted by Gasteiger charge is -2.32. The molecule has 0 aromatic heterocycles. The lowest BCUT2D eigenvalue weighted by Crippen LogP contribution is -2.45. The summed E-state index contributed by atoms with van der Waals surface area (Å²) in [5.74, 6) is -0.106. The fourth-order valence-corrected chi connectivity index (χ4v) is 2.40. The van der Waals surface area contributed by atoms with E-state index < -0.39 is 0 Å². The van der Waals surface area contributed by atoms with Crippen LogP contribution in [0.15, 0.2) is 18.2 Å². The molecule has 1 aliphatic rings. The number of ether oxygens (including phenoxy) is 1. The Morgan fingerprint density at radius 1 is 1.47 bits per heavy atom. The molecule has 1 atom stereocenters. The summed E-state index contributed by atoms with van der Waals surface area (Å²) in [6.45, 7) is 5.53. The van der Waals surface area contributed by atoms with Gasteiger partial charge in [-0.2, -0.15) is 0 Å². The van der Waals surface area contributed by atoms with E-state index in [4.69, 9.17) is 10.5 Å². The van der Waals surface area contributed by atoms with E-state index in [-0.39, 0.29) is 24.3 Å². The number of morpholine rings is 1. The van der Waals surface area contributed by atoms with Crippen LogP contribution in [0.5, 0.6) is 0 Å². The van der Waals surface area contributed by atoms with E-state index >= 15 is 0 Å². The van der Waals surface area contributed by atoms with E-state index in [1.807, 2.05) is 6.07 Å². The number of nitrogens with two attached hydrogens (primary N) is 1. The molecule has 2 N–H and O–H groups in total. The monoisotopic (exact) mass is 288 g/mol. The summed E-state index contributed by atoms with van der Waals surface area (Å²) in [6.07, 6.45) is 0.938. The topological polar surface area (TPSA) is 38.5 Å². The first kappa shape index (κ1) is 16.4. The predicted molar refractivity (Wildman–Crippen MR) is 77.1 cm³/mol. The Morgan fingerprint density at radius 2 is 2.26 bits per heavy atom. The number of benzene rings is 1. The van der Waals surface area contributed by atoms with Gasteiger partial charge in [-0.1, -0.05) is 19.1 Å². The normalized spacial score (nSPS) is 20.1. The second-order valence-corrected chi connectivity index (χ2v) is 4.69. The van der Waals surface area contributed by atoms with Gasteiger partial charge < -0.3 is 10.5 Å². The average molecular weight is 289 g/mol. The van der Waals surface area contributed by atoms with E-state index in [0.29, 0.717) is 19.7 Å². The SMILES string of the molecule is CCc1cccc(F)c1CN1CCOC(CN)C1.Cl. The van der Waals surface area contributed by atoms with Crippen LogP contribution >= 0.6 is 12.4 Å².